The molecule has 0 radical (unpaired) electrons. The first-order valence-electron chi connectivity index (χ1n) is 6.92. The molecule has 1 saturated carbocycles. The lowest BCUT2D eigenvalue weighted by Crippen LogP contribution is -2.34. The summed E-state index contributed by atoms with van der Waals surface area (Å²) in [5.41, 5.74) is 0. The Morgan fingerprint density at radius 1 is 1.29 bits per heavy atom. The van der Waals surface area contributed by atoms with Crippen molar-refractivity contribution in [1.29, 1.82) is 0 Å². The zero-order valence-electron chi connectivity index (χ0n) is 11.0. The zero-order chi connectivity index (χ0) is 12.3. The van der Waals surface area contributed by atoms with Gasteiger partial charge in [0.1, 0.15) is 0 Å². The average Bonchev–Trinajstić information content (AvgIpc) is 2.37. The molecule has 1 fully saturated rings. The second kappa shape index (κ2) is 9.42. The number of amides is 1. The summed E-state index contributed by atoms with van der Waals surface area (Å²) in [4.78, 5) is 11.3. The number of hydrogen-bond acceptors (Lipinski definition) is 3. The molecule has 0 aromatic heterocycles. The van der Waals surface area contributed by atoms with Crippen LogP contribution in [0.4, 0.5) is 0 Å². The predicted octanol–water partition coefficient (Wildman–Crippen LogP) is 1.45. The molecule has 0 atom stereocenters. The van der Waals surface area contributed by atoms with Crippen LogP contribution >= 0.6 is 0 Å². The first-order valence-corrected chi connectivity index (χ1v) is 6.92. The topological polar surface area (TPSA) is 50.4 Å². The number of carbonyl (C=O) groups is 1. The van der Waals surface area contributed by atoms with E-state index in [1.807, 2.05) is 6.92 Å². The van der Waals surface area contributed by atoms with E-state index < -0.39 is 0 Å². The van der Waals surface area contributed by atoms with E-state index in [1.54, 1.807) is 0 Å². The van der Waals surface area contributed by atoms with Gasteiger partial charge in [0.05, 0.1) is 12.6 Å². The van der Waals surface area contributed by atoms with Crippen molar-refractivity contribution in [3.8, 4) is 0 Å². The molecule has 0 unspecified atom stereocenters. The second-order valence-electron chi connectivity index (χ2n) is 4.61. The van der Waals surface area contributed by atoms with Crippen LogP contribution in [0.5, 0.6) is 0 Å². The summed E-state index contributed by atoms with van der Waals surface area (Å²) < 4.78 is 5.78. The summed E-state index contributed by atoms with van der Waals surface area (Å²) in [7, 11) is 0. The molecular formula is C13H26N2O2. The minimum atomic E-state index is 0.0736. The predicted molar refractivity (Wildman–Crippen MR) is 69.0 cm³/mol. The molecule has 0 aliphatic heterocycles. The van der Waals surface area contributed by atoms with Crippen LogP contribution in [-0.4, -0.2) is 38.3 Å². The molecule has 2 N–H and O–H groups in total. The van der Waals surface area contributed by atoms with Gasteiger partial charge in [-0.15, -0.1) is 0 Å². The standard InChI is InChI=1S/C13H26N2O2/c1-2-14-11-13(16)15-9-6-10-17-12-7-4-3-5-8-12/h12,14H,2-11H2,1H3,(H,15,16). The fraction of sp³-hybridized carbons (Fsp3) is 0.923. The van der Waals surface area contributed by atoms with Gasteiger partial charge in [0.15, 0.2) is 0 Å². The Morgan fingerprint density at radius 3 is 2.76 bits per heavy atom. The molecule has 1 rings (SSSR count). The van der Waals surface area contributed by atoms with Crippen molar-refractivity contribution in [3.05, 3.63) is 0 Å². The second-order valence-corrected chi connectivity index (χ2v) is 4.61. The summed E-state index contributed by atoms with van der Waals surface area (Å²) in [6.45, 7) is 4.73. The molecule has 1 aliphatic rings. The molecule has 0 heterocycles. The van der Waals surface area contributed by atoms with Crippen LogP contribution in [0.1, 0.15) is 45.4 Å². The average molecular weight is 242 g/mol. The van der Waals surface area contributed by atoms with Crippen LogP contribution in [0.25, 0.3) is 0 Å². The van der Waals surface area contributed by atoms with E-state index in [0.717, 1.165) is 26.1 Å². The van der Waals surface area contributed by atoms with Gasteiger partial charge in [-0.05, 0) is 25.8 Å². The minimum Gasteiger partial charge on any atom is -0.378 e. The third-order valence-corrected chi connectivity index (χ3v) is 3.08. The van der Waals surface area contributed by atoms with Gasteiger partial charge in [-0.25, -0.2) is 0 Å². The van der Waals surface area contributed by atoms with E-state index in [4.69, 9.17) is 4.74 Å². The molecule has 0 saturated heterocycles. The van der Waals surface area contributed by atoms with Crippen molar-refractivity contribution in [1.82, 2.24) is 10.6 Å². The van der Waals surface area contributed by atoms with Gasteiger partial charge in [0, 0.05) is 13.2 Å². The van der Waals surface area contributed by atoms with E-state index in [0.29, 0.717) is 12.6 Å². The highest BCUT2D eigenvalue weighted by atomic mass is 16.5. The Bertz CT molecular complexity index is 204. The summed E-state index contributed by atoms with van der Waals surface area (Å²) in [6, 6.07) is 0. The molecule has 0 spiro atoms. The third-order valence-electron chi connectivity index (χ3n) is 3.08. The number of nitrogens with one attached hydrogen (secondary N) is 2. The van der Waals surface area contributed by atoms with E-state index in [1.165, 1.54) is 32.1 Å². The summed E-state index contributed by atoms with van der Waals surface area (Å²) >= 11 is 0. The number of likely N-dealkylation sites (N-methyl/N-ethyl adjacent to an activating group) is 1. The number of hydrogen-bond donors (Lipinski definition) is 2. The van der Waals surface area contributed by atoms with Gasteiger partial charge in [0.2, 0.25) is 5.91 Å². The van der Waals surface area contributed by atoms with Gasteiger partial charge < -0.3 is 15.4 Å². The molecule has 100 valence electrons. The van der Waals surface area contributed by atoms with Crippen LogP contribution in [0.3, 0.4) is 0 Å². The maximum absolute atomic E-state index is 11.3. The summed E-state index contributed by atoms with van der Waals surface area (Å²) in [5.74, 6) is 0.0736. The number of rotatable bonds is 8. The Labute approximate surface area is 104 Å². The largest absolute Gasteiger partial charge is 0.378 e. The molecule has 4 heteroatoms. The van der Waals surface area contributed by atoms with Gasteiger partial charge >= 0.3 is 0 Å². The van der Waals surface area contributed by atoms with E-state index in [2.05, 4.69) is 10.6 Å². The number of ether oxygens (including phenoxy) is 1. The Balaban J connectivity index is 1.88. The fourth-order valence-electron chi connectivity index (χ4n) is 2.08. The molecule has 0 aromatic carbocycles. The molecule has 0 aromatic rings. The minimum absolute atomic E-state index is 0.0736. The Morgan fingerprint density at radius 2 is 2.06 bits per heavy atom. The lowest BCUT2D eigenvalue weighted by atomic mass is 9.98. The van der Waals surface area contributed by atoms with E-state index >= 15 is 0 Å². The molecule has 1 amide bonds. The maximum atomic E-state index is 11.3. The van der Waals surface area contributed by atoms with Crippen LogP contribution in [0.2, 0.25) is 0 Å². The first-order chi connectivity index (χ1) is 8.33. The molecule has 17 heavy (non-hydrogen) atoms. The Kier molecular flexibility index (Phi) is 8.01. The van der Waals surface area contributed by atoms with Gasteiger partial charge in [-0.1, -0.05) is 26.2 Å². The van der Waals surface area contributed by atoms with Crippen molar-refractivity contribution >= 4 is 5.91 Å². The maximum Gasteiger partial charge on any atom is 0.233 e. The third kappa shape index (κ3) is 7.34. The summed E-state index contributed by atoms with van der Waals surface area (Å²) in [5, 5.41) is 5.87. The van der Waals surface area contributed by atoms with Crippen molar-refractivity contribution in [2.24, 2.45) is 0 Å². The molecule has 4 nitrogen and oxygen atoms in total. The smallest absolute Gasteiger partial charge is 0.233 e. The Hall–Kier alpha value is -0.610. The fourth-order valence-corrected chi connectivity index (χ4v) is 2.08. The van der Waals surface area contributed by atoms with Crippen LogP contribution in [0.15, 0.2) is 0 Å². The molecule has 1 aliphatic carbocycles. The highest BCUT2D eigenvalue weighted by Crippen LogP contribution is 2.20. The normalized spacial score (nSPS) is 17.0. The highest BCUT2D eigenvalue weighted by molar-refractivity contribution is 5.77. The number of carbonyl (C=O) groups excluding carboxylic acids is 1. The van der Waals surface area contributed by atoms with Crippen molar-refractivity contribution in [2.45, 2.75) is 51.6 Å². The van der Waals surface area contributed by atoms with Crippen molar-refractivity contribution < 1.29 is 9.53 Å². The lowest BCUT2D eigenvalue weighted by Gasteiger charge is -2.21. The van der Waals surface area contributed by atoms with E-state index in [-0.39, 0.29) is 5.91 Å². The molecule has 0 bridgehead atoms. The summed E-state index contributed by atoms with van der Waals surface area (Å²) in [6.07, 6.45) is 7.80. The van der Waals surface area contributed by atoms with Crippen molar-refractivity contribution in [3.63, 3.8) is 0 Å². The monoisotopic (exact) mass is 242 g/mol. The van der Waals surface area contributed by atoms with Crippen molar-refractivity contribution in [2.75, 3.05) is 26.2 Å². The van der Waals surface area contributed by atoms with Crippen LogP contribution < -0.4 is 10.6 Å². The quantitative estimate of drug-likeness (QED) is 0.633. The lowest BCUT2D eigenvalue weighted by molar-refractivity contribution is -0.120. The van der Waals surface area contributed by atoms with E-state index in [9.17, 15) is 4.79 Å². The van der Waals surface area contributed by atoms with Crippen LogP contribution in [0, 0.1) is 0 Å². The van der Waals surface area contributed by atoms with Gasteiger partial charge in [-0.2, -0.15) is 0 Å². The van der Waals surface area contributed by atoms with Gasteiger partial charge in [-0.3, -0.25) is 4.79 Å². The van der Waals surface area contributed by atoms with Gasteiger partial charge in [0.25, 0.3) is 0 Å². The zero-order valence-corrected chi connectivity index (χ0v) is 11.0. The SMILES string of the molecule is CCNCC(=O)NCCCOC1CCCCC1. The first kappa shape index (κ1) is 14.5. The highest BCUT2D eigenvalue weighted by Gasteiger charge is 2.12. The van der Waals surface area contributed by atoms with Crippen LogP contribution in [-0.2, 0) is 9.53 Å². The molecular weight excluding hydrogens is 216 g/mol.